The molecule has 0 aliphatic carbocycles. The van der Waals surface area contributed by atoms with Crippen LogP contribution in [-0.4, -0.2) is 33.0 Å². The molecule has 1 aliphatic heterocycles. The summed E-state index contributed by atoms with van der Waals surface area (Å²) in [5.41, 5.74) is 4.67. The molecule has 1 fully saturated rings. The molecule has 0 amide bonds. The lowest BCUT2D eigenvalue weighted by Crippen LogP contribution is -2.23. The lowest BCUT2D eigenvalue weighted by atomic mass is 10.1. The zero-order valence-corrected chi connectivity index (χ0v) is 14.4. The maximum absolute atomic E-state index is 5.93. The molecule has 128 valence electrons. The standard InChI is InChI=1S/C20H22N4O/c1-16-6-5-9-18(12-16)13-23-10-11-25-20(23)19-15-24(22-21-19)14-17-7-3-2-4-8-17/h2-9,12,15,20H,10-11,13-14H2,1H3/t20-/m1/s1. The summed E-state index contributed by atoms with van der Waals surface area (Å²) in [6.45, 7) is 5.33. The summed E-state index contributed by atoms with van der Waals surface area (Å²) in [7, 11) is 0. The predicted octanol–water partition coefficient (Wildman–Crippen LogP) is 3.17. The van der Waals surface area contributed by atoms with Crippen molar-refractivity contribution in [3.8, 4) is 0 Å². The number of rotatable bonds is 5. The van der Waals surface area contributed by atoms with Gasteiger partial charge in [0.15, 0.2) is 6.23 Å². The Morgan fingerprint density at radius 3 is 2.72 bits per heavy atom. The fraction of sp³-hybridized carbons (Fsp3) is 0.300. The molecule has 1 aromatic heterocycles. The molecular weight excluding hydrogens is 312 g/mol. The quantitative estimate of drug-likeness (QED) is 0.719. The molecular formula is C20H22N4O. The average molecular weight is 334 g/mol. The topological polar surface area (TPSA) is 43.2 Å². The van der Waals surface area contributed by atoms with Crippen LogP contribution in [0.1, 0.15) is 28.6 Å². The van der Waals surface area contributed by atoms with Crippen molar-refractivity contribution in [3.63, 3.8) is 0 Å². The largest absolute Gasteiger partial charge is 0.356 e. The maximum Gasteiger partial charge on any atom is 0.157 e. The summed E-state index contributed by atoms with van der Waals surface area (Å²) in [5, 5.41) is 8.62. The third-order valence-electron chi connectivity index (χ3n) is 4.45. The van der Waals surface area contributed by atoms with Gasteiger partial charge in [0.2, 0.25) is 0 Å². The molecule has 0 bridgehead atoms. The monoisotopic (exact) mass is 334 g/mol. The lowest BCUT2D eigenvalue weighted by molar-refractivity contribution is 0.0252. The van der Waals surface area contributed by atoms with Crippen molar-refractivity contribution in [2.24, 2.45) is 0 Å². The zero-order valence-electron chi connectivity index (χ0n) is 14.4. The summed E-state index contributed by atoms with van der Waals surface area (Å²) in [5.74, 6) is 0. The smallest absolute Gasteiger partial charge is 0.157 e. The minimum Gasteiger partial charge on any atom is -0.356 e. The fourth-order valence-corrected chi connectivity index (χ4v) is 3.26. The van der Waals surface area contributed by atoms with Crippen LogP contribution < -0.4 is 0 Å². The van der Waals surface area contributed by atoms with Crippen LogP contribution in [0.4, 0.5) is 0 Å². The second-order valence-corrected chi connectivity index (χ2v) is 6.51. The molecule has 25 heavy (non-hydrogen) atoms. The molecule has 0 N–H and O–H groups in total. The number of nitrogens with zero attached hydrogens (tertiary/aromatic N) is 4. The minimum absolute atomic E-state index is 0.120. The number of aryl methyl sites for hydroxylation is 1. The number of hydrogen-bond acceptors (Lipinski definition) is 4. The molecule has 0 saturated carbocycles. The van der Waals surface area contributed by atoms with E-state index >= 15 is 0 Å². The van der Waals surface area contributed by atoms with Crippen LogP contribution in [0, 0.1) is 6.92 Å². The Bertz CT molecular complexity index is 830. The van der Waals surface area contributed by atoms with Crippen LogP contribution in [-0.2, 0) is 17.8 Å². The molecule has 5 nitrogen and oxygen atoms in total. The number of aromatic nitrogens is 3. The molecule has 2 aromatic carbocycles. The Morgan fingerprint density at radius 2 is 1.88 bits per heavy atom. The van der Waals surface area contributed by atoms with Crippen molar-refractivity contribution in [2.75, 3.05) is 13.2 Å². The van der Waals surface area contributed by atoms with Gasteiger partial charge in [-0.05, 0) is 18.1 Å². The normalized spacial score (nSPS) is 17.9. The Kier molecular flexibility index (Phi) is 4.59. The number of hydrogen-bond donors (Lipinski definition) is 0. The first kappa shape index (κ1) is 16.0. The molecule has 5 heteroatoms. The van der Waals surface area contributed by atoms with E-state index in [0.29, 0.717) is 0 Å². The van der Waals surface area contributed by atoms with E-state index in [4.69, 9.17) is 4.74 Å². The molecule has 1 atom stereocenters. The number of ether oxygens (including phenoxy) is 1. The van der Waals surface area contributed by atoms with Gasteiger partial charge in [-0.2, -0.15) is 0 Å². The Morgan fingerprint density at radius 1 is 1.04 bits per heavy atom. The molecule has 3 aromatic rings. The van der Waals surface area contributed by atoms with E-state index < -0.39 is 0 Å². The summed E-state index contributed by atoms with van der Waals surface area (Å²) in [4.78, 5) is 2.31. The van der Waals surface area contributed by atoms with Crippen LogP contribution in [0.5, 0.6) is 0 Å². The van der Waals surface area contributed by atoms with E-state index in [1.165, 1.54) is 16.7 Å². The van der Waals surface area contributed by atoms with E-state index in [2.05, 4.69) is 58.5 Å². The van der Waals surface area contributed by atoms with Gasteiger partial charge in [-0.15, -0.1) is 5.10 Å². The summed E-state index contributed by atoms with van der Waals surface area (Å²) in [6, 6.07) is 18.9. The summed E-state index contributed by atoms with van der Waals surface area (Å²) in [6.07, 6.45) is 1.87. The van der Waals surface area contributed by atoms with Gasteiger partial charge in [0, 0.05) is 13.1 Å². The van der Waals surface area contributed by atoms with Crippen molar-refractivity contribution in [2.45, 2.75) is 26.2 Å². The van der Waals surface area contributed by atoms with Crippen LogP contribution in [0.15, 0.2) is 60.8 Å². The minimum atomic E-state index is -0.120. The van der Waals surface area contributed by atoms with E-state index in [1.807, 2.05) is 29.1 Å². The van der Waals surface area contributed by atoms with E-state index in [0.717, 1.165) is 31.9 Å². The third-order valence-corrected chi connectivity index (χ3v) is 4.45. The van der Waals surface area contributed by atoms with Crippen LogP contribution in [0.3, 0.4) is 0 Å². The van der Waals surface area contributed by atoms with Crippen molar-refractivity contribution < 1.29 is 4.74 Å². The van der Waals surface area contributed by atoms with Gasteiger partial charge in [-0.1, -0.05) is 65.4 Å². The SMILES string of the molecule is Cc1cccc(CN2CCO[C@@H]2c2cn(Cc3ccccc3)nn2)c1. The van der Waals surface area contributed by atoms with E-state index in [9.17, 15) is 0 Å². The van der Waals surface area contributed by atoms with Gasteiger partial charge < -0.3 is 4.74 Å². The average Bonchev–Trinajstić information content (AvgIpc) is 3.25. The van der Waals surface area contributed by atoms with Gasteiger partial charge in [-0.25, -0.2) is 4.68 Å². The second-order valence-electron chi connectivity index (χ2n) is 6.51. The van der Waals surface area contributed by atoms with E-state index in [1.54, 1.807) is 0 Å². The maximum atomic E-state index is 5.93. The fourth-order valence-electron chi connectivity index (χ4n) is 3.26. The highest BCUT2D eigenvalue weighted by Crippen LogP contribution is 2.27. The van der Waals surface area contributed by atoms with Crippen molar-refractivity contribution in [1.82, 2.24) is 19.9 Å². The molecule has 0 spiro atoms. The highest BCUT2D eigenvalue weighted by Gasteiger charge is 2.29. The van der Waals surface area contributed by atoms with Crippen LogP contribution in [0.2, 0.25) is 0 Å². The first-order valence-corrected chi connectivity index (χ1v) is 8.63. The molecule has 0 radical (unpaired) electrons. The Balaban J connectivity index is 1.47. The molecule has 4 rings (SSSR count). The van der Waals surface area contributed by atoms with Crippen molar-refractivity contribution >= 4 is 0 Å². The highest BCUT2D eigenvalue weighted by atomic mass is 16.5. The number of benzene rings is 2. The van der Waals surface area contributed by atoms with E-state index in [-0.39, 0.29) is 6.23 Å². The van der Waals surface area contributed by atoms with Gasteiger partial charge >= 0.3 is 0 Å². The summed E-state index contributed by atoms with van der Waals surface area (Å²) >= 11 is 0. The Hall–Kier alpha value is -2.50. The lowest BCUT2D eigenvalue weighted by Gasteiger charge is -2.21. The zero-order chi connectivity index (χ0) is 17.1. The first-order chi connectivity index (χ1) is 12.3. The van der Waals surface area contributed by atoms with Crippen molar-refractivity contribution in [3.05, 3.63) is 83.2 Å². The molecule has 2 heterocycles. The van der Waals surface area contributed by atoms with Crippen LogP contribution >= 0.6 is 0 Å². The third kappa shape index (κ3) is 3.78. The second kappa shape index (κ2) is 7.17. The Labute approximate surface area is 147 Å². The molecule has 0 unspecified atom stereocenters. The van der Waals surface area contributed by atoms with Crippen LogP contribution in [0.25, 0.3) is 0 Å². The summed E-state index contributed by atoms with van der Waals surface area (Å²) < 4.78 is 7.80. The van der Waals surface area contributed by atoms with Gasteiger partial charge in [-0.3, -0.25) is 4.90 Å². The molecule has 1 saturated heterocycles. The van der Waals surface area contributed by atoms with Gasteiger partial charge in [0.25, 0.3) is 0 Å². The van der Waals surface area contributed by atoms with Gasteiger partial charge in [0.1, 0.15) is 5.69 Å². The predicted molar refractivity (Wildman–Crippen MR) is 95.8 cm³/mol. The highest BCUT2D eigenvalue weighted by molar-refractivity contribution is 5.22. The van der Waals surface area contributed by atoms with Crippen molar-refractivity contribution in [1.29, 1.82) is 0 Å². The first-order valence-electron chi connectivity index (χ1n) is 8.63. The molecule has 1 aliphatic rings. The van der Waals surface area contributed by atoms with Gasteiger partial charge in [0.05, 0.1) is 19.3 Å².